The number of H-pyrrole nitrogens is 1. The van der Waals surface area contributed by atoms with E-state index in [4.69, 9.17) is 26.1 Å². The fourth-order valence-electron chi connectivity index (χ4n) is 4.99. The van der Waals surface area contributed by atoms with Crippen LogP contribution in [0.5, 0.6) is 11.5 Å². The van der Waals surface area contributed by atoms with Gasteiger partial charge in [-0.3, -0.25) is 9.67 Å². The zero-order chi connectivity index (χ0) is 22.8. The van der Waals surface area contributed by atoms with Crippen LogP contribution in [0.2, 0.25) is 5.02 Å². The number of aromatic nitrogens is 6. The Hall–Kier alpha value is -3.49. The van der Waals surface area contributed by atoms with Crippen molar-refractivity contribution in [1.82, 2.24) is 29.7 Å². The largest absolute Gasteiger partial charge is 0.456 e. The van der Waals surface area contributed by atoms with Gasteiger partial charge in [0, 0.05) is 24.4 Å². The SMILES string of the molecule is Cc1nc2ccc(Oc3ccc4ncc(-c5cnn(CC6C7COCC76)c5)nc4c3Cl)cc2[nH]1. The number of aryl methyl sites for hydroxylation is 1. The van der Waals surface area contributed by atoms with Crippen LogP contribution < -0.4 is 4.74 Å². The first kappa shape index (κ1) is 19.9. The maximum Gasteiger partial charge on any atom is 0.148 e. The maximum atomic E-state index is 6.73. The molecule has 8 nitrogen and oxygen atoms in total. The van der Waals surface area contributed by atoms with Crippen molar-refractivity contribution < 1.29 is 9.47 Å². The van der Waals surface area contributed by atoms with Gasteiger partial charge in [-0.2, -0.15) is 5.10 Å². The zero-order valence-electron chi connectivity index (χ0n) is 18.4. The number of hydrogen-bond acceptors (Lipinski definition) is 6. The van der Waals surface area contributed by atoms with E-state index in [-0.39, 0.29) is 0 Å². The Balaban J connectivity index is 1.17. The lowest BCUT2D eigenvalue weighted by Crippen LogP contribution is -2.07. The van der Waals surface area contributed by atoms with Crippen LogP contribution >= 0.6 is 11.6 Å². The number of aromatic amines is 1. The van der Waals surface area contributed by atoms with E-state index < -0.39 is 0 Å². The molecule has 0 bridgehead atoms. The molecule has 9 heteroatoms. The molecule has 2 aliphatic rings. The fraction of sp³-hybridized carbons (Fsp3) is 0.280. The van der Waals surface area contributed by atoms with Crippen molar-refractivity contribution in [2.24, 2.45) is 17.8 Å². The molecule has 0 spiro atoms. The van der Waals surface area contributed by atoms with Crippen LogP contribution in [0.15, 0.2) is 48.9 Å². The fourth-order valence-corrected chi connectivity index (χ4v) is 5.23. The van der Waals surface area contributed by atoms with Crippen LogP contribution in [0.25, 0.3) is 33.3 Å². The van der Waals surface area contributed by atoms with E-state index in [1.54, 1.807) is 6.20 Å². The lowest BCUT2D eigenvalue weighted by molar-refractivity contribution is 0.147. The summed E-state index contributed by atoms with van der Waals surface area (Å²) in [6.07, 6.45) is 5.62. The molecular weight excluding hydrogens is 452 g/mol. The van der Waals surface area contributed by atoms with E-state index in [0.717, 1.165) is 47.9 Å². The van der Waals surface area contributed by atoms with Gasteiger partial charge < -0.3 is 14.5 Å². The first-order valence-electron chi connectivity index (χ1n) is 11.3. The Morgan fingerprint density at radius 3 is 2.85 bits per heavy atom. The van der Waals surface area contributed by atoms with Gasteiger partial charge in [-0.05, 0) is 48.9 Å². The molecule has 2 fully saturated rings. The van der Waals surface area contributed by atoms with Crippen molar-refractivity contribution in [2.75, 3.05) is 13.2 Å². The minimum absolute atomic E-state index is 0.422. The molecule has 1 saturated carbocycles. The summed E-state index contributed by atoms with van der Waals surface area (Å²) in [4.78, 5) is 17.0. The van der Waals surface area contributed by atoms with Crippen LogP contribution in [0.1, 0.15) is 5.82 Å². The molecule has 34 heavy (non-hydrogen) atoms. The summed E-state index contributed by atoms with van der Waals surface area (Å²) in [6.45, 7) is 4.61. The molecule has 4 heterocycles. The smallest absolute Gasteiger partial charge is 0.148 e. The predicted octanol–water partition coefficient (Wildman–Crippen LogP) is 5.02. The van der Waals surface area contributed by atoms with Crippen molar-refractivity contribution in [3.05, 3.63) is 59.8 Å². The molecule has 170 valence electrons. The average molecular weight is 473 g/mol. The van der Waals surface area contributed by atoms with E-state index in [9.17, 15) is 0 Å². The molecule has 2 atom stereocenters. The summed E-state index contributed by atoms with van der Waals surface area (Å²) in [5, 5.41) is 4.97. The zero-order valence-corrected chi connectivity index (χ0v) is 19.2. The van der Waals surface area contributed by atoms with Crippen molar-refractivity contribution in [2.45, 2.75) is 13.5 Å². The summed E-state index contributed by atoms with van der Waals surface area (Å²) in [6, 6.07) is 9.38. The minimum atomic E-state index is 0.422. The number of hydrogen-bond donors (Lipinski definition) is 1. The molecule has 1 saturated heterocycles. The number of ether oxygens (including phenoxy) is 2. The number of rotatable bonds is 5. The van der Waals surface area contributed by atoms with Crippen molar-refractivity contribution >= 4 is 33.7 Å². The van der Waals surface area contributed by atoms with E-state index in [1.807, 2.05) is 54.3 Å². The summed E-state index contributed by atoms with van der Waals surface area (Å²) < 4.78 is 13.6. The number of nitrogens with one attached hydrogen (secondary N) is 1. The van der Waals surface area contributed by atoms with Gasteiger partial charge in [0.15, 0.2) is 0 Å². The van der Waals surface area contributed by atoms with E-state index in [2.05, 4.69) is 20.1 Å². The Morgan fingerprint density at radius 2 is 1.97 bits per heavy atom. The molecule has 0 radical (unpaired) electrons. The lowest BCUT2D eigenvalue weighted by Gasteiger charge is -2.10. The Morgan fingerprint density at radius 1 is 1.12 bits per heavy atom. The number of benzene rings is 2. The lowest BCUT2D eigenvalue weighted by atomic mass is 10.2. The first-order chi connectivity index (χ1) is 16.6. The highest BCUT2D eigenvalue weighted by atomic mass is 35.5. The Kier molecular flexibility index (Phi) is 4.40. The van der Waals surface area contributed by atoms with E-state index in [1.165, 1.54) is 0 Å². The van der Waals surface area contributed by atoms with Gasteiger partial charge in [0.05, 0.1) is 47.9 Å². The highest BCUT2D eigenvalue weighted by Crippen LogP contribution is 2.51. The molecule has 2 aromatic carbocycles. The van der Waals surface area contributed by atoms with Crippen molar-refractivity contribution in [1.29, 1.82) is 0 Å². The van der Waals surface area contributed by atoms with Crippen LogP contribution in [-0.2, 0) is 11.3 Å². The average Bonchev–Trinajstić information content (AvgIpc) is 3.29. The van der Waals surface area contributed by atoms with Crippen molar-refractivity contribution in [3.8, 4) is 22.8 Å². The maximum absolute atomic E-state index is 6.73. The molecular formula is C25H21ClN6O2. The number of nitrogens with zero attached hydrogens (tertiary/aromatic N) is 5. The van der Waals surface area contributed by atoms with Gasteiger partial charge in [-0.1, -0.05) is 11.6 Å². The molecule has 1 aliphatic heterocycles. The standard InChI is InChI=1S/C25H21ClN6O2/c1-13-29-19-3-2-15(6-21(19)30-13)34-23-5-4-20-25(24(23)26)31-22(8-27-20)14-7-28-32(9-14)10-16-17-11-33-12-18(16)17/h2-9,16-18H,10-12H2,1H3,(H,29,30). The van der Waals surface area contributed by atoms with Gasteiger partial charge in [0.1, 0.15) is 27.9 Å². The second-order valence-electron chi connectivity index (χ2n) is 9.08. The Labute approximate surface area is 199 Å². The summed E-state index contributed by atoms with van der Waals surface area (Å²) in [5.41, 5.74) is 4.75. The predicted molar refractivity (Wildman–Crippen MR) is 128 cm³/mol. The highest BCUT2D eigenvalue weighted by Gasteiger charge is 2.53. The summed E-state index contributed by atoms with van der Waals surface area (Å²) >= 11 is 6.73. The van der Waals surface area contributed by atoms with Crippen LogP contribution in [0, 0.1) is 24.7 Å². The van der Waals surface area contributed by atoms with Crippen LogP contribution in [0.4, 0.5) is 0 Å². The summed E-state index contributed by atoms with van der Waals surface area (Å²) in [7, 11) is 0. The van der Waals surface area contributed by atoms with E-state index in [0.29, 0.717) is 45.3 Å². The topological polar surface area (TPSA) is 90.7 Å². The second kappa shape index (κ2) is 7.51. The molecule has 3 aromatic heterocycles. The van der Waals surface area contributed by atoms with Crippen LogP contribution in [0.3, 0.4) is 0 Å². The van der Waals surface area contributed by atoms with Gasteiger partial charge in [0.2, 0.25) is 0 Å². The number of imidazole rings is 1. The first-order valence-corrected chi connectivity index (χ1v) is 11.7. The highest BCUT2D eigenvalue weighted by molar-refractivity contribution is 6.36. The van der Waals surface area contributed by atoms with Crippen molar-refractivity contribution in [3.63, 3.8) is 0 Å². The monoisotopic (exact) mass is 472 g/mol. The quantitative estimate of drug-likeness (QED) is 0.386. The van der Waals surface area contributed by atoms with Gasteiger partial charge in [-0.25, -0.2) is 9.97 Å². The molecule has 5 aromatic rings. The third-order valence-corrected chi connectivity index (χ3v) is 7.24. The second-order valence-corrected chi connectivity index (χ2v) is 9.46. The minimum Gasteiger partial charge on any atom is -0.456 e. The number of halogens is 1. The van der Waals surface area contributed by atoms with Gasteiger partial charge in [-0.15, -0.1) is 0 Å². The van der Waals surface area contributed by atoms with Gasteiger partial charge in [0.25, 0.3) is 0 Å². The third kappa shape index (κ3) is 3.33. The van der Waals surface area contributed by atoms with Crippen LogP contribution in [-0.4, -0.2) is 42.9 Å². The Bertz CT molecular complexity index is 1550. The molecule has 1 N–H and O–H groups in total. The molecule has 0 amide bonds. The molecule has 1 aliphatic carbocycles. The van der Waals surface area contributed by atoms with E-state index >= 15 is 0 Å². The normalized spacial score (nSPS) is 21.3. The summed E-state index contributed by atoms with van der Waals surface area (Å²) in [5.74, 6) is 4.11. The van der Waals surface area contributed by atoms with Gasteiger partial charge >= 0.3 is 0 Å². The molecule has 2 unspecified atom stereocenters. The third-order valence-electron chi connectivity index (χ3n) is 6.87. The number of fused-ring (bicyclic) bond motifs is 3. The molecule has 7 rings (SSSR count).